The lowest BCUT2D eigenvalue weighted by atomic mass is 10.3. The number of nitrogens with zero attached hydrogens (tertiary/aromatic N) is 2. The SMILES string of the molecule is CN(CCC#N)C(=O)CCS(=O)(=O)C1CCCC1. The third-order valence-electron chi connectivity index (χ3n) is 3.40. The first-order valence-corrected chi connectivity index (χ1v) is 8.01. The van der Waals surface area contributed by atoms with Crippen molar-refractivity contribution in [1.82, 2.24) is 4.90 Å². The molecule has 0 heterocycles. The maximum absolute atomic E-state index is 12.0. The van der Waals surface area contributed by atoms with Crippen molar-refractivity contribution in [2.75, 3.05) is 19.3 Å². The van der Waals surface area contributed by atoms with Gasteiger partial charge in [0, 0.05) is 20.0 Å². The molecule has 0 unspecified atom stereocenters. The molecule has 1 aliphatic carbocycles. The Morgan fingerprint density at radius 3 is 2.56 bits per heavy atom. The van der Waals surface area contributed by atoms with Gasteiger partial charge in [-0.15, -0.1) is 0 Å². The van der Waals surface area contributed by atoms with Crippen LogP contribution in [0.3, 0.4) is 0 Å². The van der Waals surface area contributed by atoms with E-state index in [2.05, 4.69) is 0 Å². The molecule has 0 aromatic carbocycles. The van der Waals surface area contributed by atoms with E-state index in [1.54, 1.807) is 7.05 Å². The van der Waals surface area contributed by atoms with Crippen LogP contribution in [0.15, 0.2) is 0 Å². The summed E-state index contributed by atoms with van der Waals surface area (Å²) in [4.78, 5) is 13.1. The van der Waals surface area contributed by atoms with Gasteiger partial charge in [-0.05, 0) is 12.8 Å². The van der Waals surface area contributed by atoms with Crippen molar-refractivity contribution in [3.63, 3.8) is 0 Å². The number of hydrogen-bond donors (Lipinski definition) is 0. The fourth-order valence-corrected chi connectivity index (χ4v) is 4.02. The van der Waals surface area contributed by atoms with Crippen LogP contribution < -0.4 is 0 Å². The van der Waals surface area contributed by atoms with Gasteiger partial charge < -0.3 is 4.90 Å². The number of carbonyl (C=O) groups is 1. The Morgan fingerprint density at radius 2 is 2.00 bits per heavy atom. The van der Waals surface area contributed by atoms with Crippen molar-refractivity contribution in [2.24, 2.45) is 0 Å². The molecule has 1 saturated carbocycles. The molecule has 0 atom stereocenters. The summed E-state index contributed by atoms with van der Waals surface area (Å²) in [7, 11) is -1.52. The summed E-state index contributed by atoms with van der Waals surface area (Å²) in [5.74, 6) is -0.264. The van der Waals surface area contributed by atoms with E-state index in [-0.39, 0.29) is 29.8 Å². The molecule has 0 spiro atoms. The molecule has 18 heavy (non-hydrogen) atoms. The Morgan fingerprint density at radius 1 is 1.39 bits per heavy atom. The monoisotopic (exact) mass is 272 g/mol. The van der Waals surface area contributed by atoms with Gasteiger partial charge in [0.15, 0.2) is 9.84 Å². The van der Waals surface area contributed by atoms with Gasteiger partial charge in [0.2, 0.25) is 5.91 Å². The molecular weight excluding hydrogens is 252 g/mol. The molecule has 5 nitrogen and oxygen atoms in total. The standard InChI is InChI=1S/C12H20N2O3S/c1-14(9-4-8-13)12(15)7-10-18(16,17)11-5-2-3-6-11/h11H,2-7,9-10H2,1H3. The Kier molecular flexibility index (Phi) is 5.60. The van der Waals surface area contributed by atoms with Crippen LogP contribution in [0.4, 0.5) is 0 Å². The van der Waals surface area contributed by atoms with Crippen molar-refractivity contribution in [1.29, 1.82) is 5.26 Å². The molecule has 0 aliphatic heterocycles. The van der Waals surface area contributed by atoms with E-state index in [0.717, 1.165) is 25.7 Å². The minimum absolute atomic E-state index is 0.0285. The third-order valence-corrected chi connectivity index (χ3v) is 5.66. The Labute approximate surface area is 109 Å². The quantitative estimate of drug-likeness (QED) is 0.725. The molecular formula is C12H20N2O3S. The number of carbonyl (C=O) groups excluding carboxylic acids is 1. The summed E-state index contributed by atoms with van der Waals surface area (Å²) in [6, 6.07) is 1.96. The van der Waals surface area contributed by atoms with Crippen LogP contribution in [0, 0.1) is 11.3 Å². The Hall–Kier alpha value is -1.09. The van der Waals surface area contributed by atoms with Gasteiger partial charge in [0.05, 0.1) is 23.5 Å². The van der Waals surface area contributed by atoms with Gasteiger partial charge in [0.25, 0.3) is 0 Å². The van der Waals surface area contributed by atoms with Crippen LogP contribution in [0.25, 0.3) is 0 Å². The minimum Gasteiger partial charge on any atom is -0.345 e. The third kappa shape index (κ3) is 4.30. The first-order chi connectivity index (χ1) is 8.47. The molecule has 0 aromatic rings. The van der Waals surface area contributed by atoms with Crippen LogP contribution in [0.1, 0.15) is 38.5 Å². The van der Waals surface area contributed by atoms with E-state index in [1.807, 2.05) is 6.07 Å². The average Bonchev–Trinajstić information content (AvgIpc) is 2.87. The summed E-state index contributed by atoms with van der Waals surface area (Å²) in [5, 5.41) is 8.17. The van der Waals surface area contributed by atoms with Gasteiger partial charge in [-0.25, -0.2) is 8.42 Å². The Bertz CT molecular complexity index is 419. The molecule has 1 fully saturated rings. The largest absolute Gasteiger partial charge is 0.345 e. The zero-order chi connectivity index (χ0) is 13.6. The number of hydrogen-bond acceptors (Lipinski definition) is 4. The fourth-order valence-electron chi connectivity index (χ4n) is 2.18. The van der Waals surface area contributed by atoms with Crippen LogP contribution in [0.5, 0.6) is 0 Å². The van der Waals surface area contributed by atoms with E-state index >= 15 is 0 Å². The van der Waals surface area contributed by atoms with Crippen molar-refractivity contribution in [3.05, 3.63) is 0 Å². The van der Waals surface area contributed by atoms with Gasteiger partial charge in [-0.1, -0.05) is 12.8 Å². The van der Waals surface area contributed by atoms with Crippen molar-refractivity contribution < 1.29 is 13.2 Å². The van der Waals surface area contributed by atoms with Crippen LogP contribution >= 0.6 is 0 Å². The summed E-state index contributed by atoms with van der Waals surface area (Å²) in [6.45, 7) is 0.360. The minimum atomic E-state index is -3.12. The number of sulfone groups is 1. The number of nitriles is 1. The molecule has 1 rings (SSSR count). The predicted molar refractivity (Wildman–Crippen MR) is 68.5 cm³/mol. The summed E-state index contributed by atoms with van der Waals surface area (Å²) in [6.07, 6.45) is 3.72. The molecule has 102 valence electrons. The lowest BCUT2D eigenvalue weighted by molar-refractivity contribution is -0.129. The highest BCUT2D eigenvalue weighted by atomic mass is 32.2. The average molecular weight is 272 g/mol. The molecule has 6 heteroatoms. The molecule has 0 aromatic heterocycles. The van der Waals surface area contributed by atoms with E-state index in [1.165, 1.54) is 4.90 Å². The summed E-state index contributed by atoms with van der Waals surface area (Å²) in [5.41, 5.74) is 0. The molecule has 1 amide bonds. The van der Waals surface area contributed by atoms with Crippen LogP contribution in [-0.4, -0.2) is 43.8 Å². The molecule has 0 radical (unpaired) electrons. The zero-order valence-electron chi connectivity index (χ0n) is 10.8. The highest BCUT2D eigenvalue weighted by molar-refractivity contribution is 7.92. The summed E-state index contributed by atoms with van der Waals surface area (Å²) < 4.78 is 23.9. The predicted octanol–water partition coefficient (Wildman–Crippen LogP) is 1.11. The summed E-state index contributed by atoms with van der Waals surface area (Å²) >= 11 is 0. The van der Waals surface area contributed by atoms with E-state index in [0.29, 0.717) is 6.54 Å². The Balaban J connectivity index is 2.40. The second kappa shape index (κ2) is 6.74. The van der Waals surface area contributed by atoms with Crippen LogP contribution in [-0.2, 0) is 14.6 Å². The molecule has 1 aliphatic rings. The van der Waals surface area contributed by atoms with Gasteiger partial charge in [-0.3, -0.25) is 4.79 Å². The van der Waals surface area contributed by atoms with Crippen molar-refractivity contribution >= 4 is 15.7 Å². The lowest BCUT2D eigenvalue weighted by Gasteiger charge is -2.16. The maximum atomic E-state index is 12.0. The van der Waals surface area contributed by atoms with Gasteiger partial charge in [-0.2, -0.15) is 5.26 Å². The highest BCUT2D eigenvalue weighted by Crippen LogP contribution is 2.25. The molecule has 0 saturated heterocycles. The van der Waals surface area contributed by atoms with Crippen molar-refractivity contribution in [2.45, 2.75) is 43.8 Å². The second-order valence-corrected chi connectivity index (χ2v) is 7.15. The maximum Gasteiger partial charge on any atom is 0.223 e. The zero-order valence-corrected chi connectivity index (χ0v) is 11.6. The number of rotatable bonds is 6. The number of amides is 1. The van der Waals surface area contributed by atoms with Gasteiger partial charge in [0.1, 0.15) is 0 Å². The lowest BCUT2D eigenvalue weighted by Crippen LogP contribution is -2.31. The normalized spacial score (nSPS) is 16.4. The van der Waals surface area contributed by atoms with E-state index in [4.69, 9.17) is 5.26 Å². The topological polar surface area (TPSA) is 78.2 Å². The van der Waals surface area contributed by atoms with Crippen molar-refractivity contribution in [3.8, 4) is 6.07 Å². The van der Waals surface area contributed by atoms with E-state index < -0.39 is 9.84 Å². The van der Waals surface area contributed by atoms with Crippen LogP contribution in [0.2, 0.25) is 0 Å². The first-order valence-electron chi connectivity index (χ1n) is 6.30. The first kappa shape index (κ1) is 15.0. The van der Waals surface area contributed by atoms with Gasteiger partial charge >= 0.3 is 0 Å². The fraction of sp³-hybridized carbons (Fsp3) is 0.833. The molecule has 0 N–H and O–H groups in total. The molecule has 0 bridgehead atoms. The van der Waals surface area contributed by atoms with E-state index in [9.17, 15) is 13.2 Å². The second-order valence-electron chi connectivity index (χ2n) is 4.75. The smallest absolute Gasteiger partial charge is 0.223 e. The highest BCUT2D eigenvalue weighted by Gasteiger charge is 2.29.